The zero-order valence-electron chi connectivity index (χ0n) is 37.6. The first-order chi connectivity index (χ1) is 34.7. The zero-order chi connectivity index (χ0) is 52.4. The molecule has 0 aliphatic heterocycles. The fraction of sp³-hybridized carbons (Fsp3) is 0.164. The second kappa shape index (κ2) is 21.1. The minimum absolute atomic E-state index is 0.0906. The summed E-state index contributed by atoms with van der Waals surface area (Å²) in [6.07, 6.45) is -4.71. The molecule has 0 fully saturated rings. The molecule has 8 rings (SSSR count). The van der Waals surface area contributed by atoms with Crippen LogP contribution in [-0.2, 0) is 12.2 Å². The summed E-state index contributed by atoms with van der Waals surface area (Å²) in [5, 5.41) is 2.70. The Morgan fingerprint density at radius 2 is 0.712 bits per heavy atom. The Morgan fingerprint density at radius 1 is 0.384 bits per heavy atom. The number of halogens is 14. The molecule has 0 bridgehead atoms. The molecule has 0 amide bonds. The number of hydrogen-bond acceptors (Lipinski definition) is 4. The highest BCUT2D eigenvalue weighted by molar-refractivity contribution is 5.89. The molecule has 18 heteroatoms. The lowest BCUT2D eigenvalue weighted by atomic mass is 9.98. The molecule has 0 radical (unpaired) electrons. The van der Waals surface area contributed by atoms with E-state index in [1.54, 1.807) is 60.7 Å². The largest absolute Gasteiger partial charge is 0.494 e. The van der Waals surface area contributed by atoms with Gasteiger partial charge in [-0.3, -0.25) is 0 Å². The number of alkyl halides is 4. The Balaban J connectivity index is 0.799. The molecule has 8 aromatic rings. The highest BCUT2D eigenvalue weighted by atomic mass is 19.3. The number of benzene rings is 8. The maximum Gasteiger partial charge on any atom is 0.432 e. The van der Waals surface area contributed by atoms with Crippen LogP contribution in [0.1, 0.15) is 36.8 Å². The minimum Gasteiger partial charge on any atom is -0.494 e. The van der Waals surface area contributed by atoms with Gasteiger partial charge in [-0.2, -0.15) is 17.6 Å². The molecule has 4 nitrogen and oxygen atoms in total. The Bertz CT molecular complexity index is 3070. The van der Waals surface area contributed by atoms with Crippen LogP contribution in [0.25, 0.3) is 43.8 Å². The van der Waals surface area contributed by atoms with Crippen molar-refractivity contribution in [3.05, 3.63) is 203 Å². The van der Waals surface area contributed by atoms with Gasteiger partial charge < -0.3 is 18.9 Å². The third kappa shape index (κ3) is 11.6. The lowest BCUT2D eigenvalue weighted by molar-refractivity contribution is -0.190. The van der Waals surface area contributed by atoms with Gasteiger partial charge in [0, 0.05) is 24.3 Å². The van der Waals surface area contributed by atoms with Crippen molar-refractivity contribution in [2.75, 3.05) is 13.2 Å². The van der Waals surface area contributed by atoms with Crippen molar-refractivity contribution in [2.24, 2.45) is 5.92 Å². The minimum atomic E-state index is -4.73. The Kier molecular flexibility index (Phi) is 14.9. The predicted octanol–water partition coefficient (Wildman–Crippen LogP) is 16.8. The van der Waals surface area contributed by atoms with Crippen molar-refractivity contribution in [3.8, 4) is 45.3 Å². The summed E-state index contributed by atoms with van der Waals surface area (Å²) in [5.74, 6) is -19.2. The van der Waals surface area contributed by atoms with E-state index in [0.717, 1.165) is 12.8 Å². The molecular weight excluding hydrogens is 991 g/mol. The van der Waals surface area contributed by atoms with Crippen LogP contribution in [0.3, 0.4) is 0 Å². The number of allylic oxidation sites excluding steroid dienone is 1. The van der Waals surface area contributed by atoms with Gasteiger partial charge in [-0.05, 0) is 136 Å². The molecule has 0 aliphatic rings. The quantitative estimate of drug-likeness (QED) is 0.0350. The van der Waals surface area contributed by atoms with Crippen molar-refractivity contribution in [1.29, 1.82) is 0 Å². The zero-order valence-corrected chi connectivity index (χ0v) is 37.6. The molecule has 378 valence electrons. The number of ether oxygens (including phenoxy) is 4. The Hall–Kier alpha value is -7.76. The normalized spacial score (nSPS) is 11.9. The van der Waals surface area contributed by atoms with Gasteiger partial charge in [-0.15, -0.1) is 6.58 Å². The van der Waals surface area contributed by atoms with Crippen LogP contribution in [0.15, 0.2) is 134 Å². The molecule has 0 saturated heterocycles. The Morgan fingerprint density at radius 3 is 1.05 bits per heavy atom. The predicted molar refractivity (Wildman–Crippen MR) is 243 cm³/mol. The molecule has 0 aliphatic carbocycles. The van der Waals surface area contributed by atoms with Gasteiger partial charge >= 0.3 is 12.2 Å². The van der Waals surface area contributed by atoms with Gasteiger partial charge in [0.25, 0.3) is 0 Å². The number of hydrogen-bond donors (Lipinski definition) is 0. The van der Waals surface area contributed by atoms with Crippen molar-refractivity contribution in [1.82, 2.24) is 0 Å². The molecule has 0 heterocycles. The summed E-state index contributed by atoms with van der Waals surface area (Å²) in [4.78, 5) is 0. The first-order valence-corrected chi connectivity index (χ1v) is 22.1. The standard InChI is InChI=1S/C55H36F14O4/c1-2-29(5-3-15-70-38-13-11-30-17-32(7-9-34(30)19-38)36-21-42(56)50(43(57)22-36)54(66,67)72-40-25-46(60)52(64)47(61)26-40)6-4-16-71-39-14-12-31-18-33(8-10-35(31)20-39)37-23-44(58)51(45(59)24-37)55(68,69)73-41-27-48(62)53(65)49(63)28-41/h2,7-14,17-29H,1,3-6,15-16H2. The number of rotatable bonds is 19. The van der Waals surface area contributed by atoms with E-state index in [0.29, 0.717) is 83.4 Å². The van der Waals surface area contributed by atoms with E-state index in [9.17, 15) is 43.9 Å². The highest BCUT2D eigenvalue weighted by Gasteiger charge is 2.43. The van der Waals surface area contributed by atoms with E-state index in [2.05, 4.69) is 16.1 Å². The molecule has 0 unspecified atom stereocenters. The second-order valence-electron chi connectivity index (χ2n) is 16.7. The van der Waals surface area contributed by atoms with Gasteiger partial charge in [-0.25, -0.2) is 43.9 Å². The molecule has 0 spiro atoms. The van der Waals surface area contributed by atoms with Crippen molar-refractivity contribution in [2.45, 2.75) is 37.9 Å². The average Bonchev–Trinajstić information content (AvgIpc) is 3.33. The van der Waals surface area contributed by atoms with Gasteiger partial charge in [0.15, 0.2) is 34.9 Å². The summed E-state index contributed by atoms with van der Waals surface area (Å²) in [5.41, 5.74) is -3.25. The first kappa shape index (κ1) is 51.6. The fourth-order valence-corrected chi connectivity index (χ4v) is 8.05. The van der Waals surface area contributed by atoms with Gasteiger partial charge in [0.05, 0.1) is 13.2 Å². The molecule has 0 N–H and O–H groups in total. The van der Waals surface area contributed by atoms with Crippen molar-refractivity contribution in [3.63, 3.8) is 0 Å². The van der Waals surface area contributed by atoms with Gasteiger partial charge in [0.1, 0.15) is 57.4 Å². The van der Waals surface area contributed by atoms with Crippen LogP contribution in [0.5, 0.6) is 23.0 Å². The summed E-state index contributed by atoms with van der Waals surface area (Å²) in [6, 6.07) is 23.0. The molecular formula is C55H36F14O4. The van der Waals surface area contributed by atoms with Crippen LogP contribution in [0, 0.1) is 64.1 Å². The van der Waals surface area contributed by atoms with Crippen LogP contribution in [0.4, 0.5) is 61.5 Å². The lowest BCUT2D eigenvalue weighted by Gasteiger charge is -2.20. The fourth-order valence-electron chi connectivity index (χ4n) is 8.05. The molecule has 73 heavy (non-hydrogen) atoms. The monoisotopic (exact) mass is 1030 g/mol. The molecule has 8 aromatic carbocycles. The van der Waals surface area contributed by atoms with Gasteiger partial charge in [0.2, 0.25) is 0 Å². The maximum absolute atomic E-state index is 15.0. The molecule has 0 saturated carbocycles. The number of fused-ring (bicyclic) bond motifs is 2. The third-order valence-electron chi connectivity index (χ3n) is 11.7. The smallest absolute Gasteiger partial charge is 0.432 e. The van der Waals surface area contributed by atoms with Crippen molar-refractivity contribution < 1.29 is 80.4 Å². The first-order valence-electron chi connectivity index (χ1n) is 22.1. The third-order valence-corrected chi connectivity index (χ3v) is 11.7. The summed E-state index contributed by atoms with van der Waals surface area (Å²) >= 11 is 0. The van der Waals surface area contributed by atoms with Crippen LogP contribution < -0.4 is 18.9 Å². The van der Waals surface area contributed by atoms with E-state index in [1.165, 1.54) is 12.1 Å². The summed E-state index contributed by atoms with van der Waals surface area (Å²) in [7, 11) is 0. The molecule has 0 aromatic heterocycles. The van der Waals surface area contributed by atoms with Crippen LogP contribution in [0.2, 0.25) is 0 Å². The SMILES string of the molecule is C=CC(CCCOc1ccc2cc(-c3cc(F)c(C(F)(F)Oc4cc(F)c(F)c(F)c4)c(F)c3)ccc2c1)CCCOc1ccc2cc(-c3cc(F)c(C(F)(F)Oc4cc(F)c(F)c(F)c4)c(F)c3)ccc2c1. The molecule has 0 atom stereocenters. The second-order valence-corrected chi connectivity index (χ2v) is 16.7. The lowest BCUT2D eigenvalue weighted by Crippen LogP contribution is -2.25. The van der Waals surface area contributed by atoms with Crippen molar-refractivity contribution >= 4 is 21.5 Å². The van der Waals surface area contributed by atoms with Crippen LogP contribution >= 0.6 is 0 Å². The van der Waals surface area contributed by atoms with Crippen LogP contribution in [-0.4, -0.2) is 13.2 Å². The van der Waals surface area contributed by atoms with E-state index >= 15 is 17.6 Å². The summed E-state index contributed by atoms with van der Waals surface area (Å²) < 4.78 is 221. The van der Waals surface area contributed by atoms with E-state index in [-0.39, 0.29) is 52.4 Å². The average molecular weight is 1030 g/mol. The van der Waals surface area contributed by atoms with E-state index < -0.39 is 93.0 Å². The topological polar surface area (TPSA) is 36.9 Å². The van der Waals surface area contributed by atoms with Gasteiger partial charge in [-0.1, -0.05) is 42.5 Å². The summed E-state index contributed by atoms with van der Waals surface area (Å²) in [6.45, 7) is 4.69. The van der Waals surface area contributed by atoms with E-state index in [1.807, 2.05) is 6.08 Å². The highest BCUT2D eigenvalue weighted by Crippen LogP contribution is 2.40. The Labute approximate surface area is 406 Å². The maximum atomic E-state index is 15.0. The van der Waals surface area contributed by atoms with E-state index in [4.69, 9.17) is 9.47 Å².